The number of hydrogen-bond donors (Lipinski definition) is 1. The molecule has 0 radical (unpaired) electrons. The van der Waals surface area contributed by atoms with E-state index in [-0.39, 0.29) is 18.1 Å². The minimum atomic E-state index is -0.281. The Morgan fingerprint density at radius 1 is 1.73 bits per heavy atom. The van der Waals surface area contributed by atoms with Crippen molar-refractivity contribution in [2.45, 2.75) is 19.1 Å². The Hall–Kier alpha value is -0.610. The van der Waals surface area contributed by atoms with Crippen molar-refractivity contribution in [1.82, 2.24) is 5.32 Å². The molecule has 0 bridgehead atoms. The third-order valence-corrected chi connectivity index (χ3v) is 1.68. The number of carbonyl (C=O) groups is 1. The van der Waals surface area contributed by atoms with Crippen LogP contribution in [0.5, 0.6) is 0 Å². The van der Waals surface area contributed by atoms with Gasteiger partial charge in [-0.2, -0.15) is 0 Å². The molecule has 0 aliphatic carbocycles. The molecule has 2 unspecified atom stereocenters. The summed E-state index contributed by atoms with van der Waals surface area (Å²) >= 11 is 0. The molecular weight excluding hydrogens is 146 g/mol. The van der Waals surface area contributed by atoms with Gasteiger partial charge in [0, 0.05) is 6.54 Å². The topological polar surface area (TPSA) is 47.6 Å². The van der Waals surface area contributed by atoms with Crippen molar-refractivity contribution in [3.05, 3.63) is 0 Å². The van der Waals surface area contributed by atoms with E-state index in [1.807, 2.05) is 6.92 Å². The van der Waals surface area contributed by atoms with Crippen LogP contribution in [0.1, 0.15) is 6.92 Å². The number of esters is 1. The molecule has 2 atom stereocenters. The van der Waals surface area contributed by atoms with Gasteiger partial charge in [-0.3, -0.25) is 10.1 Å². The average Bonchev–Trinajstić information content (AvgIpc) is 2.05. The summed E-state index contributed by atoms with van der Waals surface area (Å²) in [5.41, 5.74) is 0. The zero-order valence-corrected chi connectivity index (χ0v) is 6.79. The summed E-state index contributed by atoms with van der Waals surface area (Å²) in [5.74, 6) is -0.253. The van der Waals surface area contributed by atoms with Crippen LogP contribution >= 0.6 is 0 Å². The fourth-order valence-electron chi connectivity index (χ4n) is 0.980. The van der Waals surface area contributed by atoms with Crippen LogP contribution in [0, 0.1) is 0 Å². The van der Waals surface area contributed by atoms with Gasteiger partial charge in [0.05, 0.1) is 19.8 Å². The molecule has 0 spiro atoms. The first-order chi connectivity index (χ1) is 5.24. The highest BCUT2D eigenvalue weighted by Gasteiger charge is 2.24. The van der Waals surface area contributed by atoms with Crippen molar-refractivity contribution in [3.8, 4) is 0 Å². The van der Waals surface area contributed by atoms with Crippen LogP contribution in [0.3, 0.4) is 0 Å². The van der Waals surface area contributed by atoms with Crippen LogP contribution in [0.4, 0.5) is 0 Å². The van der Waals surface area contributed by atoms with Gasteiger partial charge in [-0.25, -0.2) is 0 Å². The number of hydrogen-bond acceptors (Lipinski definition) is 4. The van der Waals surface area contributed by atoms with Crippen molar-refractivity contribution in [2.24, 2.45) is 0 Å². The molecule has 1 saturated heterocycles. The van der Waals surface area contributed by atoms with Crippen LogP contribution < -0.4 is 5.32 Å². The zero-order valence-electron chi connectivity index (χ0n) is 6.79. The normalized spacial score (nSPS) is 31.5. The summed E-state index contributed by atoms with van der Waals surface area (Å²) in [4.78, 5) is 10.9. The first kappa shape index (κ1) is 8.49. The Morgan fingerprint density at radius 2 is 2.45 bits per heavy atom. The van der Waals surface area contributed by atoms with E-state index in [9.17, 15) is 4.79 Å². The van der Waals surface area contributed by atoms with Gasteiger partial charge >= 0.3 is 5.97 Å². The highest BCUT2D eigenvalue weighted by molar-refractivity contribution is 5.75. The number of ether oxygens (including phenoxy) is 2. The molecule has 1 heterocycles. The van der Waals surface area contributed by atoms with Gasteiger partial charge in [0.25, 0.3) is 0 Å². The van der Waals surface area contributed by atoms with Crippen molar-refractivity contribution in [1.29, 1.82) is 0 Å². The lowest BCUT2D eigenvalue weighted by Gasteiger charge is -2.26. The highest BCUT2D eigenvalue weighted by Crippen LogP contribution is 2.00. The number of rotatable bonds is 1. The molecule has 1 aliphatic heterocycles. The summed E-state index contributed by atoms with van der Waals surface area (Å²) in [6, 6.07) is -0.281. The molecular formula is C7H13NO3. The van der Waals surface area contributed by atoms with E-state index in [2.05, 4.69) is 10.1 Å². The molecule has 0 aromatic rings. The summed E-state index contributed by atoms with van der Waals surface area (Å²) in [6.45, 7) is 3.08. The van der Waals surface area contributed by atoms with Gasteiger partial charge in [0.1, 0.15) is 6.04 Å². The van der Waals surface area contributed by atoms with Crippen LogP contribution in [-0.2, 0) is 14.3 Å². The molecule has 1 aliphatic rings. The predicted octanol–water partition coefficient (Wildman–Crippen LogP) is -0.464. The quantitative estimate of drug-likeness (QED) is 0.526. The zero-order chi connectivity index (χ0) is 8.27. The van der Waals surface area contributed by atoms with E-state index in [1.54, 1.807) is 0 Å². The fourth-order valence-corrected chi connectivity index (χ4v) is 0.980. The lowest BCUT2D eigenvalue weighted by molar-refractivity contribution is -0.147. The number of carbonyl (C=O) groups excluding carboxylic acids is 1. The second kappa shape index (κ2) is 3.69. The number of nitrogens with one attached hydrogen (secondary N) is 1. The Balaban J connectivity index is 2.33. The van der Waals surface area contributed by atoms with E-state index in [0.717, 1.165) is 0 Å². The molecule has 0 saturated carbocycles. The molecule has 1 fully saturated rings. The maximum absolute atomic E-state index is 10.9. The van der Waals surface area contributed by atoms with Gasteiger partial charge in [0.15, 0.2) is 0 Å². The van der Waals surface area contributed by atoms with Gasteiger partial charge in [-0.15, -0.1) is 0 Å². The van der Waals surface area contributed by atoms with Crippen LogP contribution in [0.25, 0.3) is 0 Å². The molecule has 64 valence electrons. The largest absolute Gasteiger partial charge is 0.468 e. The van der Waals surface area contributed by atoms with E-state index < -0.39 is 0 Å². The van der Waals surface area contributed by atoms with E-state index in [1.165, 1.54) is 7.11 Å². The maximum Gasteiger partial charge on any atom is 0.325 e. The van der Waals surface area contributed by atoms with Gasteiger partial charge in [-0.05, 0) is 6.92 Å². The summed E-state index contributed by atoms with van der Waals surface area (Å²) in [5, 5.41) is 3.02. The van der Waals surface area contributed by atoms with E-state index >= 15 is 0 Å². The SMILES string of the molecule is COC(=O)C1COC(C)CN1. The third kappa shape index (κ3) is 2.17. The Labute approximate surface area is 65.9 Å². The summed E-state index contributed by atoms with van der Waals surface area (Å²) in [6.07, 6.45) is 0.191. The van der Waals surface area contributed by atoms with Crippen molar-refractivity contribution >= 4 is 5.97 Å². The standard InChI is InChI=1S/C7H13NO3/c1-5-3-8-6(4-11-5)7(9)10-2/h5-6,8H,3-4H2,1-2H3. The molecule has 11 heavy (non-hydrogen) atoms. The smallest absolute Gasteiger partial charge is 0.325 e. The van der Waals surface area contributed by atoms with Crippen molar-refractivity contribution in [3.63, 3.8) is 0 Å². The minimum absolute atomic E-state index is 0.191. The Morgan fingerprint density at radius 3 is 2.91 bits per heavy atom. The van der Waals surface area contributed by atoms with Gasteiger partial charge in [-0.1, -0.05) is 0 Å². The number of morpholine rings is 1. The minimum Gasteiger partial charge on any atom is -0.468 e. The molecule has 1 N–H and O–H groups in total. The molecule has 4 heteroatoms. The van der Waals surface area contributed by atoms with Crippen LogP contribution in [0.2, 0.25) is 0 Å². The fraction of sp³-hybridized carbons (Fsp3) is 0.857. The Kier molecular flexibility index (Phi) is 2.84. The average molecular weight is 159 g/mol. The van der Waals surface area contributed by atoms with Crippen LogP contribution in [0.15, 0.2) is 0 Å². The Bertz CT molecular complexity index is 141. The summed E-state index contributed by atoms with van der Waals surface area (Å²) < 4.78 is 9.79. The van der Waals surface area contributed by atoms with Gasteiger partial charge in [0.2, 0.25) is 0 Å². The molecule has 0 aromatic heterocycles. The highest BCUT2D eigenvalue weighted by atomic mass is 16.5. The van der Waals surface area contributed by atoms with Crippen molar-refractivity contribution in [2.75, 3.05) is 20.3 Å². The second-order valence-corrected chi connectivity index (χ2v) is 2.63. The van der Waals surface area contributed by atoms with Crippen molar-refractivity contribution < 1.29 is 14.3 Å². The first-order valence-corrected chi connectivity index (χ1v) is 3.67. The third-order valence-electron chi connectivity index (χ3n) is 1.68. The number of methoxy groups -OCH3 is 1. The lowest BCUT2D eigenvalue weighted by atomic mass is 10.2. The summed E-state index contributed by atoms with van der Waals surface area (Å²) in [7, 11) is 1.38. The van der Waals surface area contributed by atoms with Crippen LogP contribution in [-0.4, -0.2) is 38.4 Å². The monoisotopic (exact) mass is 159 g/mol. The van der Waals surface area contributed by atoms with E-state index in [4.69, 9.17) is 4.74 Å². The second-order valence-electron chi connectivity index (χ2n) is 2.63. The lowest BCUT2D eigenvalue weighted by Crippen LogP contribution is -2.49. The van der Waals surface area contributed by atoms with Gasteiger partial charge < -0.3 is 9.47 Å². The molecule has 0 amide bonds. The molecule has 1 rings (SSSR count). The first-order valence-electron chi connectivity index (χ1n) is 3.67. The predicted molar refractivity (Wildman–Crippen MR) is 39.2 cm³/mol. The van der Waals surface area contributed by atoms with E-state index in [0.29, 0.717) is 13.2 Å². The maximum atomic E-state index is 10.9. The molecule has 4 nitrogen and oxygen atoms in total. The molecule has 0 aromatic carbocycles.